The Kier molecular flexibility index (Phi) is 2.68. The molecule has 0 aromatic rings. The van der Waals surface area contributed by atoms with E-state index in [1.165, 1.54) is 12.8 Å². The molecule has 2 fully saturated rings. The minimum absolute atomic E-state index is 0.0457. The van der Waals surface area contributed by atoms with Crippen molar-refractivity contribution in [2.24, 2.45) is 0 Å². The molecule has 0 spiro atoms. The van der Waals surface area contributed by atoms with Gasteiger partial charge < -0.3 is 10.1 Å². The van der Waals surface area contributed by atoms with Gasteiger partial charge in [-0.1, -0.05) is 12.8 Å². The van der Waals surface area contributed by atoms with Crippen LogP contribution in [0.25, 0.3) is 0 Å². The molecule has 4 nitrogen and oxygen atoms in total. The predicted octanol–water partition coefficient (Wildman–Crippen LogP) is 0.928. The maximum atomic E-state index is 11.5. The van der Waals surface area contributed by atoms with Gasteiger partial charge in [0.15, 0.2) is 0 Å². The van der Waals surface area contributed by atoms with E-state index in [2.05, 4.69) is 5.32 Å². The highest BCUT2D eigenvalue weighted by atomic mass is 16.5. The maximum Gasteiger partial charge on any atom is 0.319 e. The van der Waals surface area contributed by atoms with Gasteiger partial charge in [-0.2, -0.15) is 0 Å². The van der Waals surface area contributed by atoms with E-state index >= 15 is 0 Å². The number of carbonyl (C=O) groups excluding carboxylic acids is 1. The summed E-state index contributed by atoms with van der Waals surface area (Å²) in [6.07, 6.45) is 4.78. The molecule has 0 unspecified atom stereocenters. The van der Waals surface area contributed by atoms with Crippen LogP contribution >= 0.6 is 0 Å². The Bertz CT molecular complexity index is 184. The third-order valence-corrected chi connectivity index (χ3v) is 2.72. The highest BCUT2D eigenvalue weighted by Crippen LogP contribution is 2.17. The van der Waals surface area contributed by atoms with Gasteiger partial charge in [0.2, 0.25) is 0 Å². The molecular formula is C9H16N2O2. The van der Waals surface area contributed by atoms with E-state index in [1.807, 2.05) is 0 Å². The molecule has 1 saturated heterocycles. The predicted molar refractivity (Wildman–Crippen MR) is 48.3 cm³/mol. The third-order valence-electron chi connectivity index (χ3n) is 2.72. The number of nitrogens with zero attached hydrogens (tertiary/aromatic N) is 1. The zero-order valence-corrected chi connectivity index (χ0v) is 7.79. The molecule has 1 N–H and O–H groups in total. The Morgan fingerprint density at radius 3 is 2.77 bits per heavy atom. The number of rotatable bonds is 1. The Hall–Kier alpha value is -0.770. The summed E-state index contributed by atoms with van der Waals surface area (Å²) in [5, 5.41) is 3.03. The van der Waals surface area contributed by atoms with Crippen molar-refractivity contribution >= 4 is 6.03 Å². The van der Waals surface area contributed by atoms with Gasteiger partial charge in [0, 0.05) is 12.6 Å². The van der Waals surface area contributed by atoms with E-state index in [0.29, 0.717) is 19.4 Å². The Labute approximate surface area is 78.2 Å². The molecular weight excluding hydrogens is 168 g/mol. The first-order valence-corrected chi connectivity index (χ1v) is 4.99. The molecule has 0 atom stereocenters. The summed E-state index contributed by atoms with van der Waals surface area (Å²) >= 11 is 0. The third kappa shape index (κ3) is 2.12. The van der Waals surface area contributed by atoms with Crippen molar-refractivity contribution in [1.29, 1.82) is 0 Å². The van der Waals surface area contributed by atoms with Gasteiger partial charge in [-0.05, 0) is 12.8 Å². The Balaban J connectivity index is 1.76. The van der Waals surface area contributed by atoms with E-state index in [4.69, 9.17) is 4.74 Å². The number of amides is 2. The summed E-state index contributed by atoms with van der Waals surface area (Å²) in [5.41, 5.74) is 0. The van der Waals surface area contributed by atoms with Gasteiger partial charge in [0.1, 0.15) is 6.73 Å². The maximum absolute atomic E-state index is 11.5. The molecule has 2 aliphatic rings. The fourth-order valence-corrected chi connectivity index (χ4v) is 1.91. The molecule has 1 aliphatic heterocycles. The second-order valence-electron chi connectivity index (χ2n) is 3.73. The lowest BCUT2D eigenvalue weighted by Crippen LogP contribution is -2.42. The number of hydrogen-bond acceptors (Lipinski definition) is 2. The van der Waals surface area contributed by atoms with Gasteiger partial charge in [-0.25, -0.2) is 4.79 Å². The van der Waals surface area contributed by atoms with Crippen molar-refractivity contribution in [3.8, 4) is 0 Å². The Morgan fingerprint density at radius 1 is 1.38 bits per heavy atom. The van der Waals surface area contributed by atoms with Crippen LogP contribution < -0.4 is 5.32 Å². The van der Waals surface area contributed by atoms with Gasteiger partial charge >= 0.3 is 6.03 Å². The first-order valence-electron chi connectivity index (χ1n) is 4.99. The normalized spacial score (nSPS) is 23.8. The highest BCUT2D eigenvalue weighted by Gasteiger charge is 2.22. The number of urea groups is 1. The number of carbonyl (C=O) groups is 1. The summed E-state index contributed by atoms with van der Waals surface area (Å²) in [6, 6.07) is 0.456. The van der Waals surface area contributed by atoms with Crippen molar-refractivity contribution < 1.29 is 9.53 Å². The molecule has 4 heteroatoms. The lowest BCUT2D eigenvalue weighted by molar-refractivity contribution is 0.142. The summed E-state index contributed by atoms with van der Waals surface area (Å²) in [6.45, 7) is 1.87. The number of ether oxygens (including phenoxy) is 1. The smallest absolute Gasteiger partial charge is 0.319 e. The Morgan fingerprint density at radius 2 is 2.15 bits per heavy atom. The zero-order chi connectivity index (χ0) is 9.10. The minimum atomic E-state index is 0.0457. The second kappa shape index (κ2) is 3.96. The topological polar surface area (TPSA) is 41.6 Å². The van der Waals surface area contributed by atoms with Crippen LogP contribution in [-0.4, -0.2) is 36.9 Å². The van der Waals surface area contributed by atoms with Crippen molar-refractivity contribution in [3.05, 3.63) is 0 Å². The molecule has 74 valence electrons. The standard InChI is InChI=1S/C9H16N2O2/c12-9(11-5-6-13-7-11)10-8-3-1-2-4-8/h8H,1-7H2,(H,10,12). The molecule has 13 heavy (non-hydrogen) atoms. The SMILES string of the molecule is O=C(NC1CCCC1)N1CCOC1. The van der Waals surface area contributed by atoms with Gasteiger partial charge in [-0.3, -0.25) is 4.90 Å². The lowest BCUT2D eigenvalue weighted by atomic mass is 10.2. The van der Waals surface area contributed by atoms with Crippen LogP contribution in [-0.2, 0) is 4.74 Å². The fourth-order valence-electron chi connectivity index (χ4n) is 1.91. The van der Waals surface area contributed by atoms with Crippen LogP contribution in [0.2, 0.25) is 0 Å². The molecule has 1 saturated carbocycles. The molecule has 0 aromatic heterocycles. The van der Waals surface area contributed by atoms with Crippen LogP contribution in [0.5, 0.6) is 0 Å². The summed E-state index contributed by atoms with van der Waals surface area (Å²) < 4.78 is 5.11. The van der Waals surface area contributed by atoms with Crippen molar-refractivity contribution in [2.75, 3.05) is 19.9 Å². The monoisotopic (exact) mass is 184 g/mol. The van der Waals surface area contributed by atoms with Gasteiger partial charge in [0.25, 0.3) is 0 Å². The molecule has 1 heterocycles. The zero-order valence-electron chi connectivity index (χ0n) is 7.79. The first-order chi connectivity index (χ1) is 6.36. The van der Waals surface area contributed by atoms with Crippen LogP contribution in [0.15, 0.2) is 0 Å². The number of nitrogens with one attached hydrogen (secondary N) is 1. The van der Waals surface area contributed by atoms with Crippen molar-refractivity contribution in [2.45, 2.75) is 31.7 Å². The van der Waals surface area contributed by atoms with Gasteiger partial charge in [-0.15, -0.1) is 0 Å². The van der Waals surface area contributed by atoms with Crippen LogP contribution in [0.4, 0.5) is 4.79 Å². The van der Waals surface area contributed by atoms with E-state index in [0.717, 1.165) is 19.4 Å². The van der Waals surface area contributed by atoms with E-state index in [9.17, 15) is 4.79 Å². The molecule has 1 aliphatic carbocycles. The highest BCUT2D eigenvalue weighted by molar-refractivity contribution is 5.74. The molecule has 2 rings (SSSR count). The molecule has 0 bridgehead atoms. The molecule has 2 amide bonds. The largest absolute Gasteiger partial charge is 0.359 e. The number of hydrogen-bond donors (Lipinski definition) is 1. The van der Waals surface area contributed by atoms with Crippen LogP contribution in [0, 0.1) is 0 Å². The van der Waals surface area contributed by atoms with Crippen LogP contribution in [0.1, 0.15) is 25.7 Å². The van der Waals surface area contributed by atoms with E-state index in [1.54, 1.807) is 4.90 Å². The molecule has 0 aromatic carbocycles. The van der Waals surface area contributed by atoms with E-state index < -0.39 is 0 Å². The average molecular weight is 184 g/mol. The average Bonchev–Trinajstić information content (AvgIpc) is 2.74. The quantitative estimate of drug-likeness (QED) is 0.658. The lowest BCUT2D eigenvalue weighted by Gasteiger charge is -2.18. The van der Waals surface area contributed by atoms with Gasteiger partial charge in [0.05, 0.1) is 6.61 Å². The van der Waals surface area contributed by atoms with Crippen molar-refractivity contribution in [3.63, 3.8) is 0 Å². The van der Waals surface area contributed by atoms with Crippen LogP contribution in [0.3, 0.4) is 0 Å². The summed E-state index contributed by atoms with van der Waals surface area (Å²) in [5.74, 6) is 0. The summed E-state index contributed by atoms with van der Waals surface area (Å²) in [7, 11) is 0. The second-order valence-corrected chi connectivity index (χ2v) is 3.73. The van der Waals surface area contributed by atoms with Crippen molar-refractivity contribution in [1.82, 2.24) is 10.2 Å². The first kappa shape index (κ1) is 8.81. The molecule has 0 radical (unpaired) electrons. The van der Waals surface area contributed by atoms with E-state index in [-0.39, 0.29) is 6.03 Å². The minimum Gasteiger partial charge on any atom is -0.359 e. The fraction of sp³-hybridized carbons (Fsp3) is 0.889. The summed E-state index contributed by atoms with van der Waals surface area (Å²) in [4.78, 5) is 13.3.